The van der Waals surface area contributed by atoms with E-state index < -0.39 is 16.5 Å². The Bertz CT molecular complexity index is 773. The molecule has 7 nitrogen and oxygen atoms in total. The van der Waals surface area contributed by atoms with E-state index in [0.29, 0.717) is 12.8 Å². The zero-order valence-corrected chi connectivity index (χ0v) is 14.2. The van der Waals surface area contributed by atoms with E-state index in [1.165, 1.54) is 12.1 Å². The quantitative estimate of drug-likeness (QED) is 0.486. The Morgan fingerprint density at radius 1 is 1.08 bits per heavy atom. The lowest BCUT2D eigenvalue weighted by Gasteiger charge is -2.37. The number of esters is 1. The van der Waals surface area contributed by atoms with Crippen LogP contribution in [0.15, 0.2) is 54.6 Å². The van der Waals surface area contributed by atoms with Crippen LogP contribution in [0.25, 0.3) is 0 Å². The summed E-state index contributed by atoms with van der Waals surface area (Å²) >= 11 is 0. The van der Waals surface area contributed by atoms with E-state index in [1.807, 2.05) is 30.3 Å². The van der Waals surface area contributed by atoms with E-state index in [2.05, 4.69) is 5.32 Å². The first-order valence-corrected chi connectivity index (χ1v) is 8.45. The lowest BCUT2D eigenvalue weighted by molar-refractivity contribution is -0.385. The molecule has 0 bridgehead atoms. The predicted molar refractivity (Wildman–Crippen MR) is 94.9 cm³/mol. The first-order valence-electron chi connectivity index (χ1n) is 8.45. The molecule has 26 heavy (non-hydrogen) atoms. The van der Waals surface area contributed by atoms with Gasteiger partial charge >= 0.3 is 11.7 Å². The normalized spacial score (nSPS) is 15.8. The average molecular weight is 356 g/mol. The van der Waals surface area contributed by atoms with E-state index in [0.717, 1.165) is 18.7 Å². The molecule has 1 aliphatic rings. The highest BCUT2D eigenvalue weighted by molar-refractivity contribution is 5.72. The first kappa shape index (κ1) is 17.9. The maximum atomic E-state index is 12.4. The summed E-state index contributed by atoms with van der Waals surface area (Å²) in [5, 5.41) is 14.3. The number of carbonyl (C=O) groups excluding carboxylic acids is 1. The third-order valence-electron chi connectivity index (χ3n) is 4.43. The number of piperidine rings is 1. The molecule has 7 heteroatoms. The summed E-state index contributed by atoms with van der Waals surface area (Å²) < 4.78 is 11.2. The van der Waals surface area contributed by atoms with Crippen molar-refractivity contribution in [1.82, 2.24) is 5.32 Å². The van der Waals surface area contributed by atoms with Gasteiger partial charge in [0.2, 0.25) is 0 Å². The molecule has 0 spiro atoms. The second kappa shape index (κ2) is 7.97. The first-order chi connectivity index (χ1) is 12.6. The Morgan fingerprint density at radius 3 is 2.42 bits per heavy atom. The molecule has 0 atom stereocenters. The van der Waals surface area contributed by atoms with Crippen molar-refractivity contribution in [1.29, 1.82) is 0 Å². The molecule has 0 aliphatic carbocycles. The third kappa shape index (κ3) is 4.00. The van der Waals surface area contributed by atoms with Gasteiger partial charge in [0.15, 0.2) is 12.4 Å². The molecule has 0 saturated carbocycles. The fourth-order valence-corrected chi connectivity index (χ4v) is 3.14. The molecule has 1 fully saturated rings. The number of carbonyl (C=O) groups is 1. The van der Waals surface area contributed by atoms with Crippen LogP contribution in [0.5, 0.6) is 5.75 Å². The SMILES string of the molecule is O=C(COc1ccccc1[N+](=O)[O-])OC1(c2ccccc2)CCNCC1. The lowest BCUT2D eigenvalue weighted by Crippen LogP contribution is -2.43. The van der Waals surface area contributed by atoms with Gasteiger partial charge in [-0.1, -0.05) is 42.5 Å². The third-order valence-corrected chi connectivity index (χ3v) is 4.43. The largest absolute Gasteiger partial charge is 0.475 e. The van der Waals surface area contributed by atoms with Gasteiger partial charge in [-0.2, -0.15) is 0 Å². The maximum absolute atomic E-state index is 12.4. The molecular formula is C19H20N2O5. The minimum absolute atomic E-state index is 0.0496. The molecular weight excluding hydrogens is 336 g/mol. The molecule has 0 aromatic heterocycles. The Balaban J connectivity index is 1.70. The topological polar surface area (TPSA) is 90.7 Å². The molecule has 0 radical (unpaired) electrons. The molecule has 136 valence electrons. The van der Waals surface area contributed by atoms with Crippen LogP contribution in [0.1, 0.15) is 18.4 Å². The minimum atomic E-state index is -0.699. The van der Waals surface area contributed by atoms with Crippen molar-refractivity contribution in [2.75, 3.05) is 19.7 Å². The Hall–Kier alpha value is -2.93. The van der Waals surface area contributed by atoms with Gasteiger partial charge in [0, 0.05) is 18.9 Å². The predicted octanol–water partition coefficient (Wildman–Crippen LogP) is 2.80. The molecule has 0 amide bonds. The summed E-state index contributed by atoms with van der Waals surface area (Å²) in [5.41, 5.74) is 0.0655. The summed E-state index contributed by atoms with van der Waals surface area (Å²) in [6, 6.07) is 15.6. The van der Waals surface area contributed by atoms with E-state index in [9.17, 15) is 14.9 Å². The van der Waals surface area contributed by atoms with Crippen LogP contribution >= 0.6 is 0 Å². The van der Waals surface area contributed by atoms with Crippen LogP contribution in [-0.4, -0.2) is 30.6 Å². The van der Waals surface area contributed by atoms with Gasteiger partial charge in [-0.3, -0.25) is 10.1 Å². The summed E-state index contributed by atoms with van der Waals surface area (Å²) in [5.74, 6) is -0.498. The zero-order chi connectivity index (χ0) is 18.4. The van der Waals surface area contributed by atoms with Gasteiger partial charge in [-0.15, -0.1) is 0 Å². The monoisotopic (exact) mass is 356 g/mol. The highest BCUT2D eigenvalue weighted by atomic mass is 16.6. The molecule has 3 rings (SSSR count). The van der Waals surface area contributed by atoms with Crippen molar-refractivity contribution >= 4 is 11.7 Å². The van der Waals surface area contributed by atoms with Crippen molar-refractivity contribution in [3.05, 3.63) is 70.3 Å². The number of nitro benzene ring substituents is 1. The number of benzene rings is 2. The minimum Gasteiger partial charge on any atom is -0.475 e. The smallest absolute Gasteiger partial charge is 0.345 e. The van der Waals surface area contributed by atoms with Gasteiger partial charge in [-0.05, 0) is 24.7 Å². The number of nitro groups is 1. The fraction of sp³-hybridized carbons (Fsp3) is 0.316. The molecule has 2 aromatic rings. The molecule has 1 N–H and O–H groups in total. The van der Waals surface area contributed by atoms with Crippen LogP contribution in [0.3, 0.4) is 0 Å². The van der Waals surface area contributed by atoms with E-state index in [4.69, 9.17) is 9.47 Å². The zero-order valence-electron chi connectivity index (χ0n) is 14.2. The van der Waals surface area contributed by atoms with Gasteiger partial charge in [0.25, 0.3) is 0 Å². The number of nitrogens with zero attached hydrogens (tertiary/aromatic N) is 1. The molecule has 1 heterocycles. The van der Waals surface area contributed by atoms with E-state index >= 15 is 0 Å². The van der Waals surface area contributed by atoms with Crippen LogP contribution in [-0.2, 0) is 15.1 Å². The van der Waals surface area contributed by atoms with Crippen LogP contribution < -0.4 is 10.1 Å². The number of nitrogens with one attached hydrogen (secondary N) is 1. The van der Waals surface area contributed by atoms with Crippen LogP contribution in [0, 0.1) is 10.1 Å². The molecule has 0 unspecified atom stereocenters. The summed E-state index contributed by atoms with van der Waals surface area (Å²) in [7, 11) is 0. The number of hydrogen-bond acceptors (Lipinski definition) is 6. The molecule has 1 aliphatic heterocycles. The van der Waals surface area contributed by atoms with Gasteiger partial charge < -0.3 is 14.8 Å². The van der Waals surface area contributed by atoms with Gasteiger partial charge in [-0.25, -0.2) is 4.79 Å². The van der Waals surface area contributed by atoms with Crippen molar-refractivity contribution < 1.29 is 19.2 Å². The summed E-state index contributed by atoms with van der Waals surface area (Å²) in [4.78, 5) is 22.9. The molecule has 2 aromatic carbocycles. The van der Waals surface area contributed by atoms with Crippen molar-refractivity contribution in [2.45, 2.75) is 18.4 Å². The maximum Gasteiger partial charge on any atom is 0.345 e. The van der Waals surface area contributed by atoms with Crippen LogP contribution in [0.4, 0.5) is 5.69 Å². The van der Waals surface area contributed by atoms with Crippen molar-refractivity contribution in [3.8, 4) is 5.75 Å². The van der Waals surface area contributed by atoms with E-state index in [1.54, 1.807) is 12.1 Å². The summed E-state index contributed by atoms with van der Waals surface area (Å²) in [6.07, 6.45) is 1.32. The molecule has 1 saturated heterocycles. The number of para-hydroxylation sites is 2. The highest BCUT2D eigenvalue weighted by Gasteiger charge is 2.37. The fourth-order valence-electron chi connectivity index (χ4n) is 3.14. The van der Waals surface area contributed by atoms with E-state index in [-0.39, 0.29) is 18.0 Å². The lowest BCUT2D eigenvalue weighted by atomic mass is 9.85. The Kier molecular flexibility index (Phi) is 5.48. The average Bonchev–Trinajstić information content (AvgIpc) is 2.68. The Labute approximate surface area is 151 Å². The van der Waals surface area contributed by atoms with Crippen molar-refractivity contribution in [2.24, 2.45) is 0 Å². The highest BCUT2D eigenvalue weighted by Crippen LogP contribution is 2.35. The number of rotatable bonds is 6. The van der Waals surface area contributed by atoms with Crippen molar-refractivity contribution in [3.63, 3.8) is 0 Å². The van der Waals surface area contributed by atoms with Crippen LogP contribution in [0.2, 0.25) is 0 Å². The second-order valence-electron chi connectivity index (χ2n) is 6.10. The second-order valence-corrected chi connectivity index (χ2v) is 6.10. The van der Waals surface area contributed by atoms with Gasteiger partial charge in [0.1, 0.15) is 5.60 Å². The standard InChI is InChI=1S/C19H20N2O5/c22-18(14-25-17-9-5-4-8-16(17)21(23)24)26-19(10-12-20-13-11-19)15-6-2-1-3-7-15/h1-9,20H,10-14H2. The number of hydrogen-bond donors (Lipinski definition) is 1. The Morgan fingerprint density at radius 2 is 1.73 bits per heavy atom. The summed E-state index contributed by atoms with van der Waals surface area (Å²) in [6.45, 7) is 1.10. The van der Waals surface area contributed by atoms with Gasteiger partial charge in [0.05, 0.1) is 4.92 Å². The number of ether oxygens (including phenoxy) is 2.